The number of hydrogen-bond acceptors (Lipinski definition) is 4. The van der Waals surface area contributed by atoms with Crippen LogP contribution < -0.4 is 5.43 Å². The van der Waals surface area contributed by atoms with Crippen LogP contribution >= 0.6 is 15.9 Å². The zero-order valence-electron chi connectivity index (χ0n) is 14.4. The number of rotatable bonds is 5. The van der Waals surface area contributed by atoms with Gasteiger partial charge in [0.05, 0.1) is 6.21 Å². The second kappa shape index (κ2) is 7.32. The van der Waals surface area contributed by atoms with E-state index in [-0.39, 0.29) is 12.3 Å². The Kier molecular flexibility index (Phi) is 4.70. The number of amides is 1. The zero-order valence-corrected chi connectivity index (χ0v) is 16.0. The van der Waals surface area contributed by atoms with Crippen molar-refractivity contribution in [3.05, 3.63) is 70.5 Å². The number of furan rings is 1. The van der Waals surface area contributed by atoms with E-state index in [4.69, 9.17) is 9.52 Å². The lowest BCUT2D eigenvalue weighted by molar-refractivity contribution is -0.137. The number of aliphatic carboxylic acids is 1. The second-order valence-electron chi connectivity index (χ2n) is 6.12. The number of halogens is 1. The summed E-state index contributed by atoms with van der Waals surface area (Å²) in [6, 6.07) is 14.5. The van der Waals surface area contributed by atoms with E-state index in [1.54, 1.807) is 22.9 Å². The van der Waals surface area contributed by atoms with Crippen LogP contribution in [0.1, 0.15) is 16.1 Å². The predicted molar refractivity (Wildman–Crippen MR) is 109 cm³/mol. The predicted octanol–water partition coefficient (Wildman–Crippen LogP) is 4.00. The molecule has 0 aliphatic carbocycles. The van der Waals surface area contributed by atoms with Crippen LogP contribution in [-0.4, -0.2) is 27.8 Å². The molecule has 8 heteroatoms. The van der Waals surface area contributed by atoms with Crippen molar-refractivity contribution in [2.24, 2.45) is 5.10 Å². The van der Waals surface area contributed by atoms with Gasteiger partial charge in [0.2, 0.25) is 0 Å². The first-order valence-electron chi connectivity index (χ1n) is 8.33. The van der Waals surface area contributed by atoms with Crippen LogP contribution in [0.25, 0.3) is 21.9 Å². The summed E-state index contributed by atoms with van der Waals surface area (Å²) in [6.45, 7) is -0.157. The van der Waals surface area contributed by atoms with Crippen LogP contribution in [0.2, 0.25) is 0 Å². The highest BCUT2D eigenvalue weighted by molar-refractivity contribution is 9.10. The van der Waals surface area contributed by atoms with E-state index in [9.17, 15) is 9.59 Å². The summed E-state index contributed by atoms with van der Waals surface area (Å²) in [6.07, 6.45) is 3.17. The number of hydrogen-bond donors (Lipinski definition) is 2. The molecular weight excluding hydrogens is 426 g/mol. The summed E-state index contributed by atoms with van der Waals surface area (Å²) >= 11 is 3.38. The molecule has 0 spiro atoms. The maximum atomic E-state index is 12.3. The van der Waals surface area contributed by atoms with Gasteiger partial charge in [-0.1, -0.05) is 34.1 Å². The fourth-order valence-corrected chi connectivity index (χ4v) is 3.38. The van der Waals surface area contributed by atoms with Gasteiger partial charge in [-0.15, -0.1) is 0 Å². The Balaban J connectivity index is 1.55. The molecule has 2 N–H and O–H groups in total. The summed E-state index contributed by atoms with van der Waals surface area (Å²) in [4.78, 5) is 23.3. The number of fused-ring (bicyclic) bond motifs is 2. The van der Waals surface area contributed by atoms with Gasteiger partial charge in [0.15, 0.2) is 5.76 Å². The molecule has 2 aromatic heterocycles. The molecule has 0 fully saturated rings. The number of carboxylic acids is 1. The third-order valence-corrected chi connectivity index (χ3v) is 4.69. The van der Waals surface area contributed by atoms with Crippen molar-refractivity contribution in [3.8, 4) is 0 Å². The van der Waals surface area contributed by atoms with Crippen LogP contribution in [0.15, 0.2) is 68.7 Å². The number of benzene rings is 2. The van der Waals surface area contributed by atoms with Crippen molar-refractivity contribution in [2.75, 3.05) is 0 Å². The summed E-state index contributed by atoms with van der Waals surface area (Å²) in [5.41, 5.74) is 4.52. The Morgan fingerprint density at radius 2 is 2.04 bits per heavy atom. The molecule has 28 heavy (non-hydrogen) atoms. The normalized spacial score (nSPS) is 11.5. The smallest absolute Gasteiger partial charge is 0.323 e. The number of nitrogens with one attached hydrogen (secondary N) is 1. The van der Waals surface area contributed by atoms with Gasteiger partial charge in [0.1, 0.15) is 12.1 Å². The first-order chi connectivity index (χ1) is 13.5. The lowest BCUT2D eigenvalue weighted by Gasteiger charge is -1.99. The van der Waals surface area contributed by atoms with Crippen molar-refractivity contribution in [2.45, 2.75) is 6.54 Å². The quantitative estimate of drug-likeness (QED) is 0.362. The Morgan fingerprint density at radius 1 is 1.21 bits per heavy atom. The Bertz CT molecular complexity index is 1240. The van der Waals surface area contributed by atoms with E-state index in [0.717, 1.165) is 20.8 Å². The SMILES string of the molecule is O=C(O)Cn1cc(/C=N/NC(=O)c2cc3cc(Br)ccc3o2)c2ccccc21. The maximum Gasteiger partial charge on any atom is 0.323 e. The highest BCUT2D eigenvalue weighted by Crippen LogP contribution is 2.23. The van der Waals surface area contributed by atoms with Crippen LogP contribution in [0.5, 0.6) is 0 Å². The van der Waals surface area contributed by atoms with Crippen LogP contribution in [-0.2, 0) is 11.3 Å². The highest BCUT2D eigenvalue weighted by atomic mass is 79.9. The molecule has 0 unspecified atom stereocenters. The largest absolute Gasteiger partial charge is 0.480 e. The highest BCUT2D eigenvalue weighted by Gasteiger charge is 2.12. The molecule has 1 amide bonds. The van der Waals surface area contributed by atoms with Crippen LogP contribution in [0, 0.1) is 0 Å². The molecule has 4 aromatic rings. The van der Waals surface area contributed by atoms with Crippen molar-refractivity contribution >= 4 is 55.9 Å². The molecule has 0 aliphatic heterocycles. The number of para-hydroxylation sites is 1. The van der Waals surface area contributed by atoms with Crippen molar-refractivity contribution in [3.63, 3.8) is 0 Å². The third kappa shape index (κ3) is 3.54. The average Bonchev–Trinajstić information content (AvgIpc) is 3.23. The van der Waals surface area contributed by atoms with Crippen molar-refractivity contribution < 1.29 is 19.1 Å². The minimum Gasteiger partial charge on any atom is -0.480 e. The van der Waals surface area contributed by atoms with Gasteiger partial charge in [-0.2, -0.15) is 5.10 Å². The van der Waals surface area contributed by atoms with Gasteiger partial charge in [-0.05, 0) is 30.3 Å². The molecule has 2 aromatic carbocycles. The fourth-order valence-electron chi connectivity index (χ4n) is 3.00. The molecule has 7 nitrogen and oxygen atoms in total. The van der Waals surface area contributed by atoms with E-state index in [2.05, 4.69) is 26.5 Å². The number of carboxylic acid groups (broad SMARTS) is 1. The Labute approximate surface area is 167 Å². The molecule has 0 saturated carbocycles. The fraction of sp³-hybridized carbons (Fsp3) is 0.0500. The van der Waals surface area contributed by atoms with Gasteiger partial charge in [-0.3, -0.25) is 9.59 Å². The van der Waals surface area contributed by atoms with E-state index in [1.165, 1.54) is 6.21 Å². The van der Waals surface area contributed by atoms with Gasteiger partial charge < -0.3 is 14.1 Å². The molecule has 0 radical (unpaired) electrons. The molecule has 0 bridgehead atoms. The molecule has 140 valence electrons. The molecule has 2 heterocycles. The van der Waals surface area contributed by atoms with E-state index >= 15 is 0 Å². The first-order valence-corrected chi connectivity index (χ1v) is 9.13. The number of hydrazone groups is 1. The standard InChI is InChI=1S/C20H14BrN3O4/c21-14-5-6-17-12(7-14)8-18(28-17)20(27)23-22-9-13-10-24(11-19(25)26)16-4-2-1-3-15(13)16/h1-10H,11H2,(H,23,27)(H,25,26)/b22-9+. The molecular formula is C20H14BrN3O4. The minimum atomic E-state index is -0.936. The summed E-state index contributed by atoms with van der Waals surface area (Å²) < 4.78 is 8.04. The molecule has 0 saturated heterocycles. The number of carbonyl (C=O) groups excluding carboxylic acids is 1. The zero-order chi connectivity index (χ0) is 19.7. The summed E-state index contributed by atoms with van der Waals surface area (Å²) in [5, 5.41) is 14.7. The first kappa shape index (κ1) is 18.0. The number of nitrogens with zero attached hydrogens (tertiary/aromatic N) is 2. The summed E-state index contributed by atoms with van der Waals surface area (Å²) in [5.74, 6) is -1.26. The van der Waals surface area contributed by atoms with E-state index < -0.39 is 11.9 Å². The summed E-state index contributed by atoms with van der Waals surface area (Å²) in [7, 11) is 0. The van der Waals surface area contributed by atoms with Crippen molar-refractivity contribution in [1.29, 1.82) is 0 Å². The van der Waals surface area contributed by atoms with Crippen LogP contribution in [0.3, 0.4) is 0 Å². The Hall–Kier alpha value is -3.39. The van der Waals surface area contributed by atoms with Gasteiger partial charge in [-0.25, -0.2) is 5.43 Å². The van der Waals surface area contributed by atoms with E-state index in [1.807, 2.05) is 36.4 Å². The monoisotopic (exact) mass is 439 g/mol. The van der Waals surface area contributed by atoms with Crippen LogP contribution in [0.4, 0.5) is 0 Å². The third-order valence-electron chi connectivity index (χ3n) is 4.20. The second-order valence-corrected chi connectivity index (χ2v) is 7.03. The topological polar surface area (TPSA) is 96.8 Å². The van der Waals surface area contributed by atoms with E-state index in [0.29, 0.717) is 11.1 Å². The lowest BCUT2D eigenvalue weighted by Crippen LogP contribution is -2.16. The minimum absolute atomic E-state index is 0.151. The van der Waals surface area contributed by atoms with Crippen molar-refractivity contribution in [1.82, 2.24) is 9.99 Å². The average molecular weight is 440 g/mol. The van der Waals surface area contributed by atoms with Gasteiger partial charge >= 0.3 is 11.9 Å². The Morgan fingerprint density at radius 3 is 2.86 bits per heavy atom. The molecule has 4 rings (SSSR count). The van der Waals surface area contributed by atoms with Gasteiger partial charge in [0, 0.05) is 32.5 Å². The number of carbonyl (C=O) groups is 2. The maximum absolute atomic E-state index is 12.3. The lowest BCUT2D eigenvalue weighted by atomic mass is 10.2. The molecule has 0 aliphatic rings. The number of aromatic nitrogens is 1. The van der Waals surface area contributed by atoms with Gasteiger partial charge in [0.25, 0.3) is 0 Å². The molecule has 0 atom stereocenters.